The van der Waals surface area contributed by atoms with Gasteiger partial charge in [0.1, 0.15) is 17.6 Å². The number of nitrogens with zero attached hydrogens (tertiary/aromatic N) is 3. The molecule has 0 aliphatic heterocycles. The molecule has 0 aromatic carbocycles. The van der Waals surface area contributed by atoms with Gasteiger partial charge in [0.05, 0.1) is 6.20 Å². The third-order valence-electron chi connectivity index (χ3n) is 2.11. The second kappa shape index (κ2) is 4.07. The van der Waals surface area contributed by atoms with Crippen molar-refractivity contribution in [3.63, 3.8) is 0 Å². The van der Waals surface area contributed by atoms with Gasteiger partial charge in [-0.2, -0.15) is 5.26 Å². The largest absolute Gasteiger partial charge is 0.261 e. The summed E-state index contributed by atoms with van der Waals surface area (Å²) in [4.78, 5) is 7.79. The first-order valence-electron chi connectivity index (χ1n) is 4.69. The molecule has 2 heterocycles. The highest BCUT2D eigenvalue weighted by Crippen LogP contribution is 2.20. The fourth-order valence-corrected chi connectivity index (χ4v) is 1.46. The van der Waals surface area contributed by atoms with Gasteiger partial charge in [-0.3, -0.25) is 4.98 Å². The summed E-state index contributed by atoms with van der Waals surface area (Å²) in [7, 11) is 0. The molecule has 0 radical (unpaired) electrons. The van der Waals surface area contributed by atoms with Crippen LogP contribution in [0, 0.1) is 24.1 Å². The second-order valence-electron chi connectivity index (χ2n) is 3.39. The quantitative estimate of drug-likeness (QED) is 0.731. The van der Waals surface area contributed by atoms with Crippen molar-refractivity contribution in [2.45, 2.75) is 6.92 Å². The van der Waals surface area contributed by atoms with Gasteiger partial charge in [0.15, 0.2) is 0 Å². The molecule has 0 aliphatic rings. The molecule has 2 aromatic heterocycles. The molecule has 0 amide bonds. The smallest absolute Gasteiger partial charge is 0.142 e. The lowest BCUT2D eigenvalue weighted by molar-refractivity contribution is 0.622. The van der Waals surface area contributed by atoms with Crippen LogP contribution >= 0.6 is 0 Å². The maximum atomic E-state index is 13.0. The highest BCUT2D eigenvalue weighted by Gasteiger charge is 2.03. The number of aromatic nitrogens is 2. The van der Waals surface area contributed by atoms with Crippen LogP contribution in [0.15, 0.2) is 30.6 Å². The summed E-state index contributed by atoms with van der Waals surface area (Å²) < 4.78 is 13.0. The van der Waals surface area contributed by atoms with Crippen LogP contribution in [0.3, 0.4) is 0 Å². The Balaban J connectivity index is 2.56. The summed E-state index contributed by atoms with van der Waals surface area (Å²) in [5, 5.41) is 8.79. The van der Waals surface area contributed by atoms with Crippen molar-refractivity contribution in [3.05, 3.63) is 47.8 Å². The maximum Gasteiger partial charge on any atom is 0.142 e. The van der Waals surface area contributed by atoms with Gasteiger partial charge in [0.2, 0.25) is 0 Å². The zero-order valence-electron chi connectivity index (χ0n) is 8.61. The van der Waals surface area contributed by atoms with Crippen LogP contribution < -0.4 is 0 Å². The van der Waals surface area contributed by atoms with Crippen LogP contribution in [0.2, 0.25) is 0 Å². The topological polar surface area (TPSA) is 49.6 Å². The zero-order valence-corrected chi connectivity index (χ0v) is 8.61. The van der Waals surface area contributed by atoms with Gasteiger partial charge in [-0.1, -0.05) is 0 Å². The van der Waals surface area contributed by atoms with Gasteiger partial charge in [-0.15, -0.1) is 0 Å². The van der Waals surface area contributed by atoms with Crippen LogP contribution in [-0.4, -0.2) is 9.97 Å². The van der Waals surface area contributed by atoms with Crippen LogP contribution in [0.25, 0.3) is 11.1 Å². The normalized spacial score (nSPS) is 9.81. The first-order chi connectivity index (χ1) is 7.69. The van der Waals surface area contributed by atoms with Crippen molar-refractivity contribution in [1.82, 2.24) is 9.97 Å². The van der Waals surface area contributed by atoms with E-state index in [4.69, 9.17) is 5.26 Å². The van der Waals surface area contributed by atoms with E-state index in [-0.39, 0.29) is 0 Å². The summed E-state index contributed by atoms with van der Waals surface area (Å²) in [5.41, 5.74) is 2.43. The lowest BCUT2D eigenvalue weighted by Crippen LogP contribution is -1.90. The van der Waals surface area contributed by atoms with E-state index >= 15 is 0 Å². The molecule has 4 heteroatoms. The lowest BCUT2D eigenvalue weighted by Gasteiger charge is -2.02. The Morgan fingerprint density at radius 3 is 2.69 bits per heavy atom. The van der Waals surface area contributed by atoms with Gasteiger partial charge < -0.3 is 0 Å². The van der Waals surface area contributed by atoms with Crippen LogP contribution in [-0.2, 0) is 0 Å². The molecule has 0 saturated heterocycles. The highest BCUT2D eigenvalue weighted by atomic mass is 19.1. The minimum Gasteiger partial charge on any atom is -0.261 e. The first kappa shape index (κ1) is 10.2. The molecule has 2 aromatic rings. The molecular formula is C12H8FN3. The molecule has 0 aliphatic carbocycles. The molecule has 0 N–H and O–H groups in total. The molecule has 3 nitrogen and oxygen atoms in total. The van der Waals surface area contributed by atoms with Crippen LogP contribution in [0.1, 0.15) is 11.4 Å². The summed E-state index contributed by atoms with van der Waals surface area (Å²) in [6.07, 6.45) is 2.70. The third-order valence-corrected chi connectivity index (χ3v) is 2.11. The van der Waals surface area contributed by atoms with Crippen molar-refractivity contribution in [1.29, 1.82) is 5.26 Å². The monoisotopic (exact) mass is 213 g/mol. The molecule has 0 fully saturated rings. The van der Waals surface area contributed by atoms with E-state index in [2.05, 4.69) is 9.97 Å². The first-order valence-corrected chi connectivity index (χ1v) is 4.69. The third kappa shape index (κ3) is 2.04. The number of halogens is 1. The molecule has 0 bridgehead atoms. The van der Waals surface area contributed by atoms with E-state index in [0.29, 0.717) is 11.3 Å². The van der Waals surface area contributed by atoms with E-state index < -0.39 is 5.82 Å². The van der Waals surface area contributed by atoms with Crippen molar-refractivity contribution in [2.24, 2.45) is 0 Å². The van der Waals surface area contributed by atoms with Crippen molar-refractivity contribution in [2.75, 3.05) is 0 Å². The molecule has 78 valence electrons. The summed E-state index contributed by atoms with van der Waals surface area (Å²) in [6.45, 7) is 1.79. The maximum absolute atomic E-state index is 13.0. The Labute approximate surface area is 92.2 Å². The molecule has 0 atom stereocenters. The van der Waals surface area contributed by atoms with E-state index in [1.165, 1.54) is 6.07 Å². The molecule has 0 unspecified atom stereocenters. The number of pyridine rings is 2. The Morgan fingerprint density at radius 1 is 1.19 bits per heavy atom. The second-order valence-corrected chi connectivity index (χ2v) is 3.39. The van der Waals surface area contributed by atoms with Crippen LogP contribution in [0.5, 0.6) is 0 Å². The average Bonchev–Trinajstić information content (AvgIpc) is 2.28. The minimum absolute atomic E-state index is 0.319. The predicted molar refractivity (Wildman–Crippen MR) is 56.9 cm³/mol. The highest BCUT2D eigenvalue weighted by molar-refractivity contribution is 5.63. The Bertz CT molecular complexity index is 573. The van der Waals surface area contributed by atoms with Gasteiger partial charge in [0, 0.05) is 17.5 Å². The summed E-state index contributed by atoms with van der Waals surface area (Å²) in [6, 6.07) is 6.75. The SMILES string of the molecule is Cc1cc(-c2cncc(F)c2)cc(C#N)n1. The molecule has 0 saturated carbocycles. The van der Waals surface area contributed by atoms with Crippen molar-refractivity contribution < 1.29 is 4.39 Å². The number of aryl methyl sites for hydroxylation is 1. The lowest BCUT2D eigenvalue weighted by atomic mass is 10.1. The van der Waals surface area contributed by atoms with E-state index in [1.54, 1.807) is 25.3 Å². The molecule has 16 heavy (non-hydrogen) atoms. The van der Waals surface area contributed by atoms with Gasteiger partial charge >= 0.3 is 0 Å². The summed E-state index contributed by atoms with van der Waals surface area (Å²) in [5.74, 6) is -0.398. The molecular weight excluding hydrogens is 205 g/mol. The Kier molecular flexibility index (Phi) is 2.61. The van der Waals surface area contributed by atoms with E-state index in [0.717, 1.165) is 17.5 Å². The fourth-order valence-electron chi connectivity index (χ4n) is 1.46. The number of rotatable bonds is 1. The fraction of sp³-hybridized carbons (Fsp3) is 0.0833. The standard InChI is InChI=1S/C12H8FN3/c1-8-2-9(4-12(5-14)16-8)10-3-11(13)7-15-6-10/h2-4,6-7H,1H3. The van der Waals surface area contributed by atoms with E-state index in [1.807, 2.05) is 6.07 Å². The zero-order chi connectivity index (χ0) is 11.5. The predicted octanol–water partition coefficient (Wildman–Crippen LogP) is 2.46. The van der Waals surface area contributed by atoms with Gasteiger partial charge in [-0.25, -0.2) is 9.37 Å². The minimum atomic E-state index is -0.398. The number of hydrogen-bond donors (Lipinski definition) is 0. The van der Waals surface area contributed by atoms with Gasteiger partial charge in [0.25, 0.3) is 0 Å². The number of hydrogen-bond acceptors (Lipinski definition) is 3. The van der Waals surface area contributed by atoms with Crippen molar-refractivity contribution >= 4 is 0 Å². The number of nitriles is 1. The Morgan fingerprint density at radius 2 is 2.00 bits per heavy atom. The van der Waals surface area contributed by atoms with Crippen molar-refractivity contribution in [3.8, 4) is 17.2 Å². The Hall–Kier alpha value is -2.28. The average molecular weight is 213 g/mol. The molecule has 0 spiro atoms. The summed E-state index contributed by atoms with van der Waals surface area (Å²) >= 11 is 0. The van der Waals surface area contributed by atoms with E-state index in [9.17, 15) is 4.39 Å². The van der Waals surface area contributed by atoms with Crippen LogP contribution in [0.4, 0.5) is 4.39 Å². The molecule has 2 rings (SSSR count). The van der Waals surface area contributed by atoms with Gasteiger partial charge in [-0.05, 0) is 30.7 Å².